The average molecular weight is 447 g/mol. The zero-order chi connectivity index (χ0) is 21.8. The molecular weight excluding hydrogens is 416 g/mol. The first-order chi connectivity index (χ1) is 13.5. The average Bonchev–Trinajstić information content (AvgIpc) is 2.68. The fourth-order valence-electron chi connectivity index (χ4n) is 3.33. The van der Waals surface area contributed by atoms with Gasteiger partial charge in [0.25, 0.3) is 0 Å². The highest BCUT2D eigenvalue weighted by atomic mass is 32.2. The van der Waals surface area contributed by atoms with Crippen molar-refractivity contribution in [3.05, 3.63) is 24.3 Å². The summed E-state index contributed by atoms with van der Waals surface area (Å²) in [4.78, 5) is 12.2. The third-order valence-electron chi connectivity index (χ3n) is 4.87. The van der Waals surface area contributed by atoms with Gasteiger partial charge in [0.05, 0.1) is 21.8 Å². The SMILES string of the molecule is CCN(CC)S(=O)(=O)c1ccc(S(=O)(=O)N2CCC[C@@H](C(=O)OC(C)C)C2)cc1. The fourth-order valence-corrected chi connectivity index (χ4v) is 6.31. The van der Waals surface area contributed by atoms with Crippen LogP contribution in [0.25, 0.3) is 0 Å². The van der Waals surface area contributed by atoms with Crippen LogP contribution >= 0.6 is 0 Å². The van der Waals surface area contributed by atoms with Gasteiger partial charge >= 0.3 is 5.97 Å². The molecule has 1 aliphatic rings. The lowest BCUT2D eigenvalue weighted by molar-refractivity contribution is -0.153. The van der Waals surface area contributed by atoms with E-state index in [-0.39, 0.29) is 28.4 Å². The minimum atomic E-state index is -3.83. The molecule has 29 heavy (non-hydrogen) atoms. The predicted molar refractivity (Wildman–Crippen MR) is 109 cm³/mol. The van der Waals surface area contributed by atoms with Gasteiger partial charge in [0, 0.05) is 26.2 Å². The number of carbonyl (C=O) groups excluding carboxylic acids is 1. The van der Waals surface area contributed by atoms with Crippen LogP contribution in [-0.4, -0.2) is 63.7 Å². The number of nitrogens with zero attached hydrogens (tertiary/aromatic N) is 2. The van der Waals surface area contributed by atoms with Gasteiger partial charge in [-0.1, -0.05) is 13.8 Å². The Morgan fingerprint density at radius 3 is 2.17 bits per heavy atom. The maximum absolute atomic E-state index is 13.0. The molecule has 0 N–H and O–H groups in total. The van der Waals surface area contributed by atoms with Gasteiger partial charge in [-0.2, -0.15) is 8.61 Å². The molecule has 2 rings (SSSR count). The van der Waals surface area contributed by atoms with E-state index in [4.69, 9.17) is 4.74 Å². The highest BCUT2D eigenvalue weighted by molar-refractivity contribution is 7.89. The zero-order valence-electron chi connectivity index (χ0n) is 17.4. The topological polar surface area (TPSA) is 101 Å². The van der Waals surface area contributed by atoms with Crippen molar-refractivity contribution < 1.29 is 26.4 Å². The van der Waals surface area contributed by atoms with Crippen molar-refractivity contribution in [1.82, 2.24) is 8.61 Å². The van der Waals surface area contributed by atoms with E-state index in [1.54, 1.807) is 27.7 Å². The van der Waals surface area contributed by atoms with Crippen LogP contribution in [0.1, 0.15) is 40.5 Å². The second-order valence-corrected chi connectivity index (χ2v) is 11.1. The number of ether oxygens (including phenoxy) is 1. The molecule has 0 unspecified atom stereocenters. The normalized spacial score (nSPS) is 18.9. The van der Waals surface area contributed by atoms with E-state index in [1.165, 1.54) is 32.9 Å². The van der Waals surface area contributed by atoms with Gasteiger partial charge in [-0.25, -0.2) is 16.8 Å². The molecule has 8 nitrogen and oxygen atoms in total. The van der Waals surface area contributed by atoms with Crippen LogP contribution < -0.4 is 0 Å². The number of piperidine rings is 1. The minimum absolute atomic E-state index is 0.00822. The third kappa shape index (κ3) is 5.36. The van der Waals surface area contributed by atoms with Crippen LogP contribution in [0.5, 0.6) is 0 Å². The molecule has 1 fully saturated rings. The molecule has 0 aromatic heterocycles. The number of esters is 1. The molecule has 1 heterocycles. The molecular formula is C19H30N2O6S2. The molecule has 0 aliphatic carbocycles. The van der Waals surface area contributed by atoms with E-state index in [0.29, 0.717) is 32.5 Å². The predicted octanol–water partition coefficient (Wildman–Crippen LogP) is 2.07. The summed E-state index contributed by atoms with van der Waals surface area (Å²) in [5.74, 6) is -0.885. The highest BCUT2D eigenvalue weighted by Crippen LogP contribution is 2.26. The Balaban J connectivity index is 2.22. The van der Waals surface area contributed by atoms with Crippen LogP contribution in [0.15, 0.2) is 34.1 Å². The number of hydrogen-bond acceptors (Lipinski definition) is 6. The lowest BCUT2D eigenvalue weighted by atomic mass is 10.00. The van der Waals surface area contributed by atoms with Gasteiger partial charge in [0.1, 0.15) is 0 Å². The summed E-state index contributed by atoms with van der Waals surface area (Å²) in [6.07, 6.45) is 0.888. The lowest BCUT2D eigenvalue weighted by Gasteiger charge is -2.31. The number of rotatable bonds is 8. The molecule has 1 saturated heterocycles. The molecule has 0 amide bonds. The van der Waals surface area contributed by atoms with Crippen molar-refractivity contribution in [2.45, 2.75) is 56.4 Å². The van der Waals surface area contributed by atoms with Crippen LogP contribution in [0.3, 0.4) is 0 Å². The van der Waals surface area contributed by atoms with Crippen LogP contribution in [0.2, 0.25) is 0 Å². The number of hydrogen-bond donors (Lipinski definition) is 0. The summed E-state index contributed by atoms with van der Waals surface area (Å²) in [6, 6.07) is 5.24. The van der Waals surface area contributed by atoms with Crippen molar-refractivity contribution in [1.29, 1.82) is 0 Å². The molecule has 164 valence electrons. The van der Waals surface area contributed by atoms with Crippen molar-refractivity contribution in [3.63, 3.8) is 0 Å². The molecule has 0 spiro atoms. The summed E-state index contributed by atoms with van der Waals surface area (Å²) in [5.41, 5.74) is 0. The minimum Gasteiger partial charge on any atom is -0.463 e. The largest absolute Gasteiger partial charge is 0.463 e. The molecule has 10 heteroatoms. The maximum Gasteiger partial charge on any atom is 0.310 e. The van der Waals surface area contributed by atoms with Crippen LogP contribution in [0.4, 0.5) is 0 Å². The Kier molecular flexibility index (Phi) is 7.83. The first-order valence-electron chi connectivity index (χ1n) is 9.84. The first-order valence-corrected chi connectivity index (χ1v) is 12.7. The van der Waals surface area contributed by atoms with Gasteiger partial charge in [0.2, 0.25) is 20.0 Å². The summed E-state index contributed by atoms with van der Waals surface area (Å²) < 4.78 is 59.0. The molecule has 1 aliphatic heterocycles. The van der Waals surface area contributed by atoms with E-state index < -0.39 is 26.0 Å². The van der Waals surface area contributed by atoms with Crippen LogP contribution in [0, 0.1) is 5.92 Å². The van der Waals surface area contributed by atoms with Gasteiger partial charge in [-0.3, -0.25) is 4.79 Å². The lowest BCUT2D eigenvalue weighted by Crippen LogP contribution is -2.43. The molecule has 0 bridgehead atoms. The fraction of sp³-hybridized carbons (Fsp3) is 0.632. The monoisotopic (exact) mass is 446 g/mol. The summed E-state index contributed by atoms with van der Waals surface area (Å²) in [5, 5.41) is 0. The number of sulfonamides is 2. The van der Waals surface area contributed by atoms with E-state index in [2.05, 4.69) is 0 Å². The van der Waals surface area contributed by atoms with Gasteiger partial charge in [-0.05, 0) is 51.0 Å². The maximum atomic E-state index is 13.0. The Morgan fingerprint density at radius 2 is 1.66 bits per heavy atom. The molecule has 1 atom stereocenters. The van der Waals surface area contributed by atoms with Gasteiger partial charge in [0.15, 0.2) is 0 Å². The summed E-state index contributed by atoms with van der Waals surface area (Å²) in [6.45, 7) is 8.04. The Labute approximate surface area is 173 Å². The molecule has 0 saturated carbocycles. The van der Waals surface area contributed by atoms with E-state index in [1.807, 2.05) is 0 Å². The van der Waals surface area contributed by atoms with E-state index in [0.717, 1.165) is 0 Å². The van der Waals surface area contributed by atoms with E-state index >= 15 is 0 Å². The van der Waals surface area contributed by atoms with Crippen molar-refractivity contribution >= 4 is 26.0 Å². The van der Waals surface area contributed by atoms with Crippen molar-refractivity contribution in [2.75, 3.05) is 26.2 Å². The van der Waals surface area contributed by atoms with Gasteiger partial charge in [-0.15, -0.1) is 0 Å². The Bertz CT molecular complexity index is 907. The second-order valence-electron chi connectivity index (χ2n) is 7.25. The quantitative estimate of drug-likeness (QED) is 0.567. The highest BCUT2D eigenvalue weighted by Gasteiger charge is 2.34. The Morgan fingerprint density at radius 1 is 1.10 bits per heavy atom. The number of benzene rings is 1. The zero-order valence-corrected chi connectivity index (χ0v) is 19.0. The van der Waals surface area contributed by atoms with E-state index in [9.17, 15) is 21.6 Å². The summed E-state index contributed by atoms with van der Waals surface area (Å²) in [7, 11) is -7.49. The first kappa shape index (κ1) is 23.8. The number of carbonyl (C=O) groups is 1. The standard InChI is InChI=1S/C19H30N2O6S2/c1-5-20(6-2)28(23,24)17-9-11-18(12-10-17)29(25,26)21-13-7-8-16(14-21)19(22)27-15(3)4/h9-12,15-16H,5-8,13-14H2,1-4H3/t16-/m1/s1. The van der Waals surface area contributed by atoms with Crippen molar-refractivity contribution in [2.24, 2.45) is 5.92 Å². The van der Waals surface area contributed by atoms with Crippen LogP contribution in [-0.2, 0) is 29.6 Å². The second kappa shape index (κ2) is 9.55. The molecule has 1 aromatic carbocycles. The van der Waals surface area contributed by atoms with Crippen molar-refractivity contribution in [3.8, 4) is 0 Å². The Hall–Kier alpha value is -1.49. The smallest absolute Gasteiger partial charge is 0.310 e. The molecule has 0 radical (unpaired) electrons. The third-order valence-corrected chi connectivity index (χ3v) is 8.82. The summed E-state index contributed by atoms with van der Waals surface area (Å²) >= 11 is 0. The molecule has 1 aromatic rings. The van der Waals surface area contributed by atoms with Gasteiger partial charge < -0.3 is 4.74 Å².